The summed E-state index contributed by atoms with van der Waals surface area (Å²) in [5, 5.41) is 16.5. The number of carbonyl (C=O) groups excluding carboxylic acids is 1. The van der Waals surface area contributed by atoms with Gasteiger partial charge in [-0.25, -0.2) is 10.4 Å². The lowest BCUT2D eigenvalue weighted by molar-refractivity contribution is -0.385. The second-order valence-corrected chi connectivity index (χ2v) is 8.47. The number of ether oxygens (including phenoxy) is 2. The average molecular weight is 458 g/mol. The van der Waals surface area contributed by atoms with Crippen LogP contribution in [0.1, 0.15) is 36.7 Å². The third-order valence-electron chi connectivity index (χ3n) is 4.21. The van der Waals surface area contributed by atoms with Crippen molar-refractivity contribution in [1.29, 1.82) is 0 Å². The molecule has 0 aliphatic carbocycles. The van der Waals surface area contributed by atoms with Crippen LogP contribution in [0.15, 0.2) is 40.6 Å². The van der Waals surface area contributed by atoms with Crippen molar-refractivity contribution in [3.63, 3.8) is 0 Å². The molecule has 1 heterocycles. The zero-order valence-electron chi connectivity index (χ0n) is 18.0. The van der Waals surface area contributed by atoms with E-state index in [1.165, 1.54) is 25.5 Å². The lowest BCUT2D eigenvalue weighted by Crippen LogP contribution is -2.17. The number of nitro benzene ring substituents is 1. The molecule has 3 aromatic rings. The number of hydrogen-bond donors (Lipinski definition) is 2. The first kappa shape index (κ1) is 23.1. The summed E-state index contributed by atoms with van der Waals surface area (Å²) >= 11 is 1.60. The van der Waals surface area contributed by atoms with Crippen molar-refractivity contribution in [1.82, 2.24) is 15.4 Å². The second-order valence-electron chi connectivity index (χ2n) is 6.90. The monoisotopic (exact) mass is 457 g/mol. The number of methoxy groups -OCH3 is 1. The quantitative estimate of drug-likeness (QED) is 0.214. The summed E-state index contributed by atoms with van der Waals surface area (Å²) in [5.74, 6) is -0.180. The standard InChI is InChI=1S/C21H23N5O5S/c1-5-31-19-17(26(28)29)8-13(9-18(19)30-4)11-22-25-20(27)14-6-7-15-16(10-14)24-21(23-15)32-12(2)3/h6-12H,5H2,1-4H3,(H,23,24)(H,25,27)/b22-11-. The first-order valence-corrected chi connectivity index (χ1v) is 10.7. The third-order valence-corrected chi connectivity index (χ3v) is 5.10. The number of benzene rings is 2. The van der Waals surface area contributed by atoms with Crippen LogP contribution in [0.4, 0.5) is 5.69 Å². The minimum Gasteiger partial charge on any atom is -0.493 e. The maximum atomic E-state index is 12.5. The molecule has 0 aliphatic heterocycles. The highest BCUT2D eigenvalue weighted by Gasteiger charge is 2.21. The molecule has 0 bridgehead atoms. The molecule has 0 atom stereocenters. The predicted molar refractivity (Wildman–Crippen MR) is 123 cm³/mol. The summed E-state index contributed by atoms with van der Waals surface area (Å²) < 4.78 is 10.5. The molecule has 0 spiro atoms. The van der Waals surface area contributed by atoms with Crippen molar-refractivity contribution < 1.29 is 19.2 Å². The topological polar surface area (TPSA) is 132 Å². The van der Waals surface area contributed by atoms with Crippen molar-refractivity contribution in [3.05, 3.63) is 51.6 Å². The van der Waals surface area contributed by atoms with Gasteiger partial charge in [0.1, 0.15) is 0 Å². The zero-order valence-corrected chi connectivity index (χ0v) is 18.9. The maximum Gasteiger partial charge on any atom is 0.315 e. The largest absolute Gasteiger partial charge is 0.493 e. The average Bonchev–Trinajstić information content (AvgIpc) is 3.14. The molecule has 2 aromatic carbocycles. The van der Waals surface area contributed by atoms with E-state index in [0.29, 0.717) is 16.4 Å². The van der Waals surface area contributed by atoms with E-state index < -0.39 is 10.8 Å². The molecular weight excluding hydrogens is 434 g/mol. The van der Waals surface area contributed by atoms with Crippen LogP contribution in [0.25, 0.3) is 11.0 Å². The van der Waals surface area contributed by atoms with E-state index in [-0.39, 0.29) is 23.8 Å². The van der Waals surface area contributed by atoms with Gasteiger partial charge in [-0.2, -0.15) is 5.10 Å². The number of hydrogen-bond acceptors (Lipinski definition) is 8. The van der Waals surface area contributed by atoms with Gasteiger partial charge in [-0.1, -0.05) is 25.6 Å². The summed E-state index contributed by atoms with van der Waals surface area (Å²) in [5.41, 5.74) is 4.46. The fourth-order valence-electron chi connectivity index (χ4n) is 2.90. The van der Waals surface area contributed by atoms with E-state index in [0.717, 1.165) is 16.2 Å². The molecule has 10 nitrogen and oxygen atoms in total. The van der Waals surface area contributed by atoms with Gasteiger partial charge in [0.05, 0.1) is 35.9 Å². The normalized spacial score (nSPS) is 11.3. The summed E-state index contributed by atoms with van der Waals surface area (Å²) in [7, 11) is 1.39. The highest BCUT2D eigenvalue weighted by molar-refractivity contribution is 7.99. The van der Waals surface area contributed by atoms with E-state index in [1.807, 2.05) is 0 Å². The molecule has 2 N–H and O–H groups in total. The van der Waals surface area contributed by atoms with Gasteiger partial charge in [0, 0.05) is 22.4 Å². The first-order valence-electron chi connectivity index (χ1n) is 9.81. The Labute approximate surface area is 188 Å². The van der Waals surface area contributed by atoms with E-state index in [9.17, 15) is 14.9 Å². The Kier molecular flexibility index (Phi) is 7.31. The molecular formula is C21H23N5O5S. The number of amides is 1. The van der Waals surface area contributed by atoms with Crippen LogP contribution in [-0.4, -0.2) is 46.0 Å². The fraction of sp³-hybridized carbons (Fsp3) is 0.286. The predicted octanol–water partition coefficient (Wildman–Crippen LogP) is 4.14. The van der Waals surface area contributed by atoms with Crippen LogP contribution >= 0.6 is 11.8 Å². The van der Waals surface area contributed by atoms with Crippen LogP contribution in [0, 0.1) is 10.1 Å². The summed E-state index contributed by atoms with van der Waals surface area (Å²) in [4.78, 5) is 31.0. The molecule has 1 aromatic heterocycles. The fourth-order valence-corrected chi connectivity index (χ4v) is 3.66. The van der Waals surface area contributed by atoms with Gasteiger partial charge in [-0.05, 0) is 31.2 Å². The number of fused-ring (bicyclic) bond motifs is 1. The number of nitrogens with zero attached hydrogens (tertiary/aromatic N) is 3. The van der Waals surface area contributed by atoms with E-state index in [4.69, 9.17) is 9.47 Å². The third kappa shape index (κ3) is 5.35. The van der Waals surface area contributed by atoms with Crippen molar-refractivity contribution in [2.45, 2.75) is 31.2 Å². The molecule has 0 saturated heterocycles. The molecule has 168 valence electrons. The Balaban J connectivity index is 1.77. The number of nitro groups is 1. The lowest BCUT2D eigenvalue weighted by Gasteiger charge is -2.10. The van der Waals surface area contributed by atoms with Crippen molar-refractivity contribution in [3.8, 4) is 11.5 Å². The minimum absolute atomic E-state index is 0.0454. The molecule has 3 rings (SSSR count). The van der Waals surface area contributed by atoms with Gasteiger partial charge in [-0.15, -0.1) is 0 Å². The van der Waals surface area contributed by atoms with Gasteiger partial charge in [0.15, 0.2) is 10.9 Å². The number of thioether (sulfide) groups is 1. The van der Waals surface area contributed by atoms with Crippen LogP contribution in [0.2, 0.25) is 0 Å². The number of aromatic amines is 1. The number of nitrogens with one attached hydrogen (secondary N) is 2. The van der Waals surface area contributed by atoms with Gasteiger partial charge < -0.3 is 14.5 Å². The number of H-pyrrole nitrogens is 1. The van der Waals surface area contributed by atoms with Crippen molar-refractivity contribution in [2.24, 2.45) is 5.10 Å². The number of hydrazone groups is 1. The number of imidazole rings is 1. The summed E-state index contributed by atoms with van der Waals surface area (Å²) in [6, 6.07) is 7.95. The Morgan fingerprint density at radius 1 is 1.38 bits per heavy atom. The van der Waals surface area contributed by atoms with Crippen molar-refractivity contribution >= 4 is 40.6 Å². The lowest BCUT2D eigenvalue weighted by atomic mass is 10.2. The van der Waals surface area contributed by atoms with E-state index in [2.05, 4.69) is 34.3 Å². The van der Waals surface area contributed by atoms with Gasteiger partial charge in [-0.3, -0.25) is 14.9 Å². The molecule has 1 amide bonds. The molecule has 0 unspecified atom stereocenters. The smallest absolute Gasteiger partial charge is 0.315 e. The molecule has 0 fully saturated rings. The molecule has 11 heteroatoms. The molecule has 0 aliphatic rings. The highest BCUT2D eigenvalue weighted by Crippen LogP contribution is 2.37. The van der Waals surface area contributed by atoms with E-state index >= 15 is 0 Å². The molecule has 32 heavy (non-hydrogen) atoms. The number of rotatable bonds is 9. The van der Waals surface area contributed by atoms with Gasteiger partial charge >= 0.3 is 5.69 Å². The van der Waals surface area contributed by atoms with Crippen molar-refractivity contribution in [2.75, 3.05) is 13.7 Å². The minimum atomic E-state index is -0.561. The number of aromatic nitrogens is 2. The van der Waals surface area contributed by atoms with Crippen LogP contribution in [0.5, 0.6) is 11.5 Å². The highest BCUT2D eigenvalue weighted by atomic mass is 32.2. The van der Waals surface area contributed by atoms with Gasteiger partial charge in [0.25, 0.3) is 5.91 Å². The van der Waals surface area contributed by atoms with Crippen LogP contribution in [0.3, 0.4) is 0 Å². The summed E-state index contributed by atoms with van der Waals surface area (Å²) in [6.07, 6.45) is 1.30. The maximum absolute atomic E-state index is 12.5. The van der Waals surface area contributed by atoms with Crippen LogP contribution in [-0.2, 0) is 0 Å². The Morgan fingerprint density at radius 3 is 2.81 bits per heavy atom. The van der Waals surface area contributed by atoms with Gasteiger partial charge in [0.2, 0.25) is 5.75 Å². The Bertz CT molecular complexity index is 1170. The number of carbonyl (C=O) groups is 1. The summed E-state index contributed by atoms with van der Waals surface area (Å²) in [6.45, 7) is 6.12. The zero-order chi connectivity index (χ0) is 23.3. The first-order chi connectivity index (χ1) is 15.3. The van der Waals surface area contributed by atoms with E-state index in [1.54, 1.807) is 36.9 Å². The Morgan fingerprint density at radius 2 is 2.16 bits per heavy atom. The second kappa shape index (κ2) is 10.1. The molecule has 0 saturated carbocycles. The molecule has 0 radical (unpaired) electrons. The SMILES string of the molecule is CCOc1c(OC)cc(/C=N\NC(=O)c2ccc3nc(SC(C)C)[nH]c3c2)cc1[N+](=O)[O-]. The Hall–Kier alpha value is -3.60. The van der Waals surface area contributed by atoms with Crippen LogP contribution < -0.4 is 14.9 Å².